The van der Waals surface area contributed by atoms with E-state index in [-0.39, 0.29) is 5.69 Å². The van der Waals surface area contributed by atoms with Crippen LogP contribution in [0.15, 0.2) is 28.9 Å². The lowest BCUT2D eigenvalue weighted by atomic mass is 10.3. The summed E-state index contributed by atoms with van der Waals surface area (Å²) in [4.78, 5) is 10.1. The van der Waals surface area contributed by atoms with Gasteiger partial charge in [0.05, 0.1) is 27.4 Å². The SMILES string of the molecule is CC(O)c1cn(-c2ccc([N+](=O)[O-])cc2Br)nn1. The number of aliphatic hydroxyl groups is 1. The van der Waals surface area contributed by atoms with E-state index in [1.165, 1.54) is 16.8 Å². The predicted molar refractivity (Wildman–Crippen MR) is 66.3 cm³/mol. The summed E-state index contributed by atoms with van der Waals surface area (Å²) in [6.45, 7) is 1.58. The van der Waals surface area contributed by atoms with Gasteiger partial charge in [-0.3, -0.25) is 10.1 Å². The lowest BCUT2D eigenvalue weighted by Crippen LogP contribution is -1.97. The molecule has 0 aliphatic heterocycles. The van der Waals surface area contributed by atoms with E-state index in [9.17, 15) is 15.2 Å². The van der Waals surface area contributed by atoms with Crippen LogP contribution in [0.3, 0.4) is 0 Å². The van der Waals surface area contributed by atoms with Crippen molar-refractivity contribution in [2.24, 2.45) is 0 Å². The van der Waals surface area contributed by atoms with Crippen LogP contribution in [-0.4, -0.2) is 25.0 Å². The number of benzene rings is 1. The van der Waals surface area contributed by atoms with Crippen LogP contribution < -0.4 is 0 Å². The lowest BCUT2D eigenvalue weighted by Gasteiger charge is -2.03. The Morgan fingerprint density at radius 1 is 1.56 bits per heavy atom. The summed E-state index contributed by atoms with van der Waals surface area (Å²) < 4.78 is 1.97. The Kier molecular flexibility index (Phi) is 3.39. The third-order valence-electron chi connectivity index (χ3n) is 2.33. The van der Waals surface area contributed by atoms with Gasteiger partial charge in [0.15, 0.2) is 0 Å². The number of halogens is 1. The van der Waals surface area contributed by atoms with Gasteiger partial charge in [0.2, 0.25) is 0 Å². The van der Waals surface area contributed by atoms with Crippen LogP contribution in [-0.2, 0) is 0 Å². The molecular weight excluding hydrogens is 304 g/mol. The molecule has 0 saturated carbocycles. The quantitative estimate of drug-likeness (QED) is 0.691. The summed E-state index contributed by atoms with van der Waals surface area (Å²) in [6, 6.07) is 4.32. The van der Waals surface area contributed by atoms with Gasteiger partial charge in [-0.2, -0.15) is 0 Å². The highest BCUT2D eigenvalue weighted by Crippen LogP contribution is 2.25. The molecule has 1 unspecified atom stereocenters. The summed E-state index contributed by atoms with van der Waals surface area (Å²) in [5.74, 6) is 0. The number of non-ortho nitro benzene ring substituents is 1. The average Bonchev–Trinajstić information content (AvgIpc) is 2.78. The number of nitro groups is 1. The standard InChI is InChI=1S/C10H9BrN4O3/c1-6(16)9-5-14(13-12-9)10-3-2-7(15(17)18)4-8(10)11/h2-6,16H,1H3. The zero-order valence-corrected chi connectivity index (χ0v) is 10.9. The average molecular weight is 313 g/mol. The summed E-state index contributed by atoms with van der Waals surface area (Å²) in [5.41, 5.74) is 1.03. The summed E-state index contributed by atoms with van der Waals surface area (Å²) in [5, 5.41) is 27.6. The van der Waals surface area contributed by atoms with Crippen LogP contribution in [0, 0.1) is 10.1 Å². The minimum Gasteiger partial charge on any atom is -0.387 e. The highest BCUT2D eigenvalue weighted by molar-refractivity contribution is 9.10. The molecule has 0 spiro atoms. The number of hydrogen-bond donors (Lipinski definition) is 1. The van der Waals surface area contributed by atoms with Crippen LogP contribution in [0.4, 0.5) is 5.69 Å². The number of hydrogen-bond acceptors (Lipinski definition) is 5. The van der Waals surface area contributed by atoms with Crippen molar-refractivity contribution in [2.75, 3.05) is 0 Å². The van der Waals surface area contributed by atoms with Crippen molar-refractivity contribution in [1.82, 2.24) is 15.0 Å². The van der Waals surface area contributed by atoms with Crippen LogP contribution in [0.1, 0.15) is 18.7 Å². The van der Waals surface area contributed by atoms with Crippen molar-refractivity contribution in [3.05, 3.63) is 44.7 Å². The van der Waals surface area contributed by atoms with Gasteiger partial charge >= 0.3 is 0 Å². The van der Waals surface area contributed by atoms with Gasteiger partial charge in [0.1, 0.15) is 5.69 Å². The van der Waals surface area contributed by atoms with Gasteiger partial charge in [0.25, 0.3) is 5.69 Å². The Labute approximate surface area is 110 Å². The van der Waals surface area contributed by atoms with Gasteiger partial charge < -0.3 is 5.11 Å². The molecule has 0 aliphatic rings. The van der Waals surface area contributed by atoms with Crippen LogP contribution in [0.25, 0.3) is 5.69 Å². The first kappa shape index (κ1) is 12.7. The molecule has 0 bridgehead atoms. The molecule has 7 nitrogen and oxygen atoms in total. The highest BCUT2D eigenvalue weighted by Gasteiger charge is 2.13. The maximum Gasteiger partial charge on any atom is 0.270 e. The number of aliphatic hydroxyl groups excluding tert-OH is 1. The van der Waals surface area contributed by atoms with Gasteiger partial charge in [-0.1, -0.05) is 5.21 Å². The molecule has 1 atom stereocenters. The van der Waals surface area contributed by atoms with Gasteiger partial charge in [0, 0.05) is 12.1 Å². The monoisotopic (exact) mass is 312 g/mol. The van der Waals surface area contributed by atoms with E-state index in [1.807, 2.05) is 0 Å². The van der Waals surface area contributed by atoms with Crippen LogP contribution in [0.5, 0.6) is 0 Å². The molecule has 0 radical (unpaired) electrons. The maximum absolute atomic E-state index is 10.6. The predicted octanol–water partition coefficient (Wildman–Crippen LogP) is 1.99. The fraction of sp³-hybridized carbons (Fsp3) is 0.200. The number of aromatic nitrogens is 3. The first-order chi connectivity index (χ1) is 8.49. The minimum absolute atomic E-state index is 0.0125. The van der Waals surface area contributed by atoms with E-state index in [1.54, 1.807) is 19.2 Å². The molecule has 1 aromatic heterocycles. The molecular formula is C10H9BrN4O3. The fourth-order valence-electron chi connectivity index (χ4n) is 1.38. The van der Waals surface area contributed by atoms with E-state index < -0.39 is 11.0 Å². The van der Waals surface area contributed by atoms with Crippen molar-refractivity contribution >= 4 is 21.6 Å². The van der Waals surface area contributed by atoms with E-state index in [0.717, 1.165) is 0 Å². The molecule has 94 valence electrons. The van der Waals surface area contributed by atoms with Crippen molar-refractivity contribution in [2.45, 2.75) is 13.0 Å². The Morgan fingerprint density at radius 2 is 2.28 bits per heavy atom. The summed E-state index contributed by atoms with van der Waals surface area (Å²) >= 11 is 3.24. The molecule has 0 saturated heterocycles. The first-order valence-electron chi connectivity index (χ1n) is 5.03. The van der Waals surface area contributed by atoms with E-state index in [0.29, 0.717) is 15.9 Å². The Morgan fingerprint density at radius 3 is 2.78 bits per heavy atom. The van der Waals surface area contributed by atoms with Crippen LogP contribution in [0.2, 0.25) is 0 Å². The Hall–Kier alpha value is -1.80. The van der Waals surface area contributed by atoms with E-state index in [4.69, 9.17) is 0 Å². The van der Waals surface area contributed by atoms with Gasteiger partial charge in [-0.25, -0.2) is 4.68 Å². The second kappa shape index (κ2) is 4.83. The molecule has 8 heteroatoms. The molecule has 2 rings (SSSR count). The smallest absolute Gasteiger partial charge is 0.270 e. The number of nitrogens with zero attached hydrogens (tertiary/aromatic N) is 4. The molecule has 1 N–H and O–H groups in total. The summed E-state index contributed by atoms with van der Waals surface area (Å²) in [7, 11) is 0. The normalized spacial score (nSPS) is 12.4. The molecule has 1 aromatic carbocycles. The number of rotatable bonds is 3. The van der Waals surface area contributed by atoms with E-state index >= 15 is 0 Å². The second-order valence-electron chi connectivity index (χ2n) is 3.66. The molecule has 0 fully saturated rings. The topological polar surface area (TPSA) is 94.1 Å². The maximum atomic E-state index is 10.6. The molecule has 18 heavy (non-hydrogen) atoms. The number of nitro benzene ring substituents is 1. The lowest BCUT2D eigenvalue weighted by molar-refractivity contribution is -0.384. The van der Waals surface area contributed by atoms with Gasteiger partial charge in [-0.15, -0.1) is 5.10 Å². The van der Waals surface area contributed by atoms with Crippen molar-refractivity contribution in [3.63, 3.8) is 0 Å². The Balaban J connectivity index is 2.41. The minimum atomic E-state index is -0.712. The Bertz CT molecular complexity index is 597. The highest BCUT2D eigenvalue weighted by atomic mass is 79.9. The van der Waals surface area contributed by atoms with Crippen LogP contribution >= 0.6 is 15.9 Å². The van der Waals surface area contributed by atoms with E-state index in [2.05, 4.69) is 26.2 Å². The van der Waals surface area contributed by atoms with Crippen molar-refractivity contribution in [1.29, 1.82) is 0 Å². The van der Waals surface area contributed by atoms with Gasteiger partial charge in [-0.05, 0) is 28.9 Å². The zero-order valence-electron chi connectivity index (χ0n) is 9.32. The first-order valence-corrected chi connectivity index (χ1v) is 5.83. The molecule has 0 aliphatic carbocycles. The fourth-order valence-corrected chi connectivity index (χ4v) is 1.93. The third-order valence-corrected chi connectivity index (χ3v) is 2.96. The third kappa shape index (κ3) is 2.39. The second-order valence-corrected chi connectivity index (χ2v) is 4.51. The molecule has 2 aromatic rings. The van der Waals surface area contributed by atoms with Crippen molar-refractivity contribution < 1.29 is 10.0 Å². The zero-order chi connectivity index (χ0) is 13.3. The molecule has 1 heterocycles. The van der Waals surface area contributed by atoms with Crippen molar-refractivity contribution in [3.8, 4) is 5.69 Å². The summed E-state index contributed by atoms with van der Waals surface area (Å²) in [6.07, 6.45) is 0.854. The largest absolute Gasteiger partial charge is 0.387 e. The molecule has 0 amide bonds.